The van der Waals surface area contributed by atoms with Gasteiger partial charge in [0.1, 0.15) is 12.3 Å². The van der Waals surface area contributed by atoms with E-state index in [4.69, 9.17) is 23.7 Å². The van der Waals surface area contributed by atoms with E-state index in [9.17, 15) is 29.4 Å². The van der Waals surface area contributed by atoms with Crippen LogP contribution in [0.25, 0.3) is 0 Å². The van der Waals surface area contributed by atoms with Crippen LogP contribution in [-0.4, -0.2) is 179 Å². The second kappa shape index (κ2) is 25.1. The predicted molar refractivity (Wildman–Crippen MR) is 154 cm³/mol. The molecule has 1 unspecified atom stereocenters. The number of carboxylic acids is 2. The summed E-state index contributed by atoms with van der Waals surface area (Å²) in [5.41, 5.74) is 0. The van der Waals surface area contributed by atoms with Gasteiger partial charge in [-0.05, 0) is 19.9 Å². The van der Waals surface area contributed by atoms with Crippen molar-refractivity contribution in [2.24, 2.45) is 0 Å². The number of aldehydes is 1. The Morgan fingerprint density at radius 1 is 0.791 bits per heavy atom. The average Bonchev–Trinajstić information content (AvgIpc) is 2.93. The number of aliphatic carboxylic acids is 2. The predicted octanol–water partition coefficient (Wildman–Crippen LogP) is -1.21. The molecule has 16 heteroatoms. The van der Waals surface area contributed by atoms with Crippen LogP contribution in [0.3, 0.4) is 0 Å². The zero-order valence-corrected chi connectivity index (χ0v) is 25.7. The van der Waals surface area contributed by atoms with Crippen LogP contribution in [0.4, 0.5) is 0 Å². The van der Waals surface area contributed by atoms with Gasteiger partial charge in [0, 0.05) is 19.6 Å². The Labute approximate surface area is 254 Å². The maximum atomic E-state index is 12.4. The highest BCUT2D eigenvalue weighted by Gasteiger charge is 2.31. The summed E-state index contributed by atoms with van der Waals surface area (Å²) in [6.07, 6.45) is 1.76. The first-order valence-corrected chi connectivity index (χ1v) is 14.7. The molecule has 0 spiro atoms. The molecule has 250 valence electrons. The standard InChI is InChI=1S/C27H51N5O11/c1-3-9-39-11-13-41-15-17-43-18-16-42-14-12-40-10-6-28-25(34)5-4-24(27(37)38)32-21-29(2)20-30(7-8-33)22-31(23-32)19-26(35)36/h8,24H,3-7,9-23H2,1-2H3,(H,28,34)(H,35,36)(H,37,38). The topological polar surface area (TPSA) is 180 Å². The fourth-order valence-electron chi connectivity index (χ4n) is 4.29. The maximum Gasteiger partial charge on any atom is 0.321 e. The summed E-state index contributed by atoms with van der Waals surface area (Å²) in [7, 11) is 1.78. The molecule has 0 bridgehead atoms. The number of hydrogen-bond donors (Lipinski definition) is 3. The Hall–Kier alpha value is -2.28. The molecule has 1 aliphatic rings. The summed E-state index contributed by atoms with van der Waals surface area (Å²) in [5.74, 6) is -2.47. The van der Waals surface area contributed by atoms with Gasteiger partial charge in [0.05, 0.1) is 99.2 Å². The van der Waals surface area contributed by atoms with Gasteiger partial charge in [-0.3, -0.25) is 34.0 Å². The van der Waals surface area contributed by atoms with Gasteiger partial charge < -0.3 is 44.0 Å². The molecule has 1 fully saturated rings. The van der Waals surface area contributed by atoms with E-state index >= 15 is 0 Å². The molecule has 1 aliphatic heterocycles. The number of ether oxygens (including phenoxy) is 5. The number of rotatable bonds is 26. The molecule has 1 atom stereocenters. The molecule has 3 N–H and O–H groups in total. The normalized spacial score (nSPS) is 16.4. The van der Waals surface area contributed by atoms with Crippen molar-refractivity contribution >= 4 is 24.1 Å². The van der Waals surface area contributed by atoms with E-state index in [-0.39, 0.29) is 65.0 Å². The maximum absolute atomic E-state index is 12.4. The first-order chi connectivity index (χ1) is 20.8. The monoisotopic (exact) mass is 621 g/mol. The van der Waals surface area contributed by atoms with Crippen molar-refractivity contribution in [3.63, 3.8) is 0 Å². The number of amides is 1. The van der Waals surface area contributed by atoms with E-state index in [1.54, 1.807) is 21.7 Å². The summed E-state index contributed by atoms with van der Waals surface area (Å²) >= 11 is 0. The van der Waals surface area contributed by atoms with Gasteiger partial charge in [0.2, 0.25) is 5.91 Å². The van der Waals surface area contributed by atoms with Crippen LogP contribution in [0.5, 0.6) is 0 Å². The molecule has 16 nitrogen and oxygen atoms in total. The van der Waals surface area contributed by atoms with Crippen molar-refractivity contribution in [2.45, 2.75) is 32.2 Å². The number of carbonyl (C=O) groups is 4. The highest BCUT2D eigenvalue weighted by molar-refractivity contribution is 5.78. The lowest BCUT2D eigenvalue weighted by molar-refractivity contribution is -0.148. The first kappa shape index (κ1) is 38.7. The van der Waals surface area contributed by atoms with E-state index in [0.717, 1.165) is 19.3 Å². The SMILES string of the molecule is CCCOCCOCCOCCOCCOCCNC(=O)CCC(C(=O)O)N1CN(C)CN(CC=O)CN(CC(=O)O)C1. The van der Waals surface area contributed by atoms with Gasteiger partial charge in [-0.15, -0.1) is 0 Å². The van der Waals surface area contributed by atoms with Crippen molar-refractivity contribution in [3.05, 3.63) is 0 Å². The van der Waals surface area contributed by atoms with Crippen molar-refractivity contribution in [3.8, 4) is 0 Å². The van der Waals surface area contributed by atoms with Crippen molar-refractivity contribution in [1.29, 1.82) is 0 Å². The molecule has 1 heterocycles. The number of nitrogens with one attached hydrogen (secondary N) is 1. The van der Waals surface area contributed by atoms with Crippen LogP contribution >= 0.6 is 0 Å². The Bertz CT molecular complexity index is 780. The molecule has 0 aromatic heterocycles. The molecular weight excluding hydrogens is 570 g/mol. The van der Waals surface area contributed by atoms with Crippen molar-refractivity contribution in [2.75, 3.05) is 119 Å². The molecular formula is C27H51N5O11. The largest absolute Gasteiger partial charge is 0.480 e. The van der Waals surface area contributed by atoms with E-state index in [2.05, 4.69) is 12.2 Å². The van der Waals surface area contributed by atoms with Gasteiger partial charge in [-0.25, -0.2) is 0 Å². The number of carbonyl (C=O) groups excluding carboxylic acids is 2. The van der Waals surface area contributed by atoms with E-state index < -0.39 is 18.0 Å². The zero-order valence-electron chi connectivity index (χ0n) is 25.7. The molecule has 43 heavy (non-hydrogen) atoms. The van der Waals surface area contributed by atoms with E-state index in [1.807, 2.05) is 4.90 Å². The van der Waals surface area contributed by atoms with Gasteiger partial charge in [-0.2, -0.15) is 0 Å². The molecule has 0 aromatic rings. The first-order valence-electron chi connectivity index (χ1n) is 14.7. The second-order valence-corrected chi connectivity index (χ2v) is 10.1. The zero-order chi connectivity index (χ0) is 31.7. The van der Waals surface area contributed by atoms with Crippen LogP contribution in [0.15, 0.2) is 0 Å². The molecule has 1 rings (SSSR count). The average molecular weight is 622 g/mol. The Morgan fingerprint density at radius 2 is 1.35 bits per heavy atom. The summed E-state index contributed by atoms with van der Waals surface area (Å²) in [6.45, 7) is 7.73. The third-order valence-electron chi connectivity index (χ3n) is 6.11. The third kappa shape index (κ3) is 20.3. The molecule has 0 radical (unpaired) electrons. The lowest BCUT2D eigenvalue weighted by atomic mass is 10.1. The van der Waals surface area contributed by atoms with Crippen LogP contribution in [-0.2, 0) is 42.9 Å². The minimum atomic E-state index is -1.10. The minimum absolute atomic E-state index is 0.0197. The van der Waals surface area contributed by atoms with Crippen LogP contribution in [0.1, 0.15) is 26.2 Å². The van der Waals surface area contributed by atoms with E-state index in [1.165, 1.54) is 0 Å². The summed E-state index contributed by atoms with van der Waals surface area (Å²) in [5, 5.41) is 21.9. The molecule has 0 aromatic carbocycles. The highest BCUT2D eigenvalue weighted by atomic mass is 16.6. The van der Waals surface area contributed by atoms with Crippen LogP contribution < -0.4 is 5.32 Å². The van der Waals surface area contributed by atoms with Crippen molar-refractivity contribution in [1.82, 2.24) is 24.9 Å². The smallest absolute Gasteiger partial charge is 0.321 e. The Kier molecular flexibility index (Phi) is 22.6. The molecule has 1 amide bonds. The Morgan fingerprint density at radius 3 is 1.86 bits per heavy atom. The third-order valence-corrected chi connectivity index (χ3v) is 6.11. The second-order valence-electron chi connectivity index (χ2n) is 10.1. The number of hydrogen-bond acceptors (Lipinski definition) is 13. The van der Waals surface area contributed by atoms with E-state index in [0.29, 0.717) is 59.5 Å². The fraction of sp³-hybridized carbons (Fsp3) is 0.852. The van der Waals surface area contributed by atoms with Gasteiger partial charge in [0.25, 0.3) is 0 Å². The number of carboxylic acid groups (broad SMARTS) is 2. The quantitative estimate of drug-likeness (QED) is 0.0773. The molecule has 1 saturated heterocycles. The summed E-state index contributed by atoms with van der Waals surface area (Å²) in [4.78, 5) is 53.6. The Balaban J connectivity index is 2.22. The minimum Gasteiger partial charge on any atom is -0.480 e. The van der Waals surface area contributed by atoms with Crippen LogP contribution in [0, 0.1) is 0 Å². The summed E-state index contributed by atoms with van der Waals surface area (Å²) < 4.78 is 27.0. The highest BCUT2D eigenvalue weighted by Crippen LogP contribution is 2.13. The fourth-order valence-corrected chi connectivity index (χ4v) is 4.29. The molecule has 0 aliphatic carbocycles. The number of nitrogens with zero attached hydrogens (tertiary/aromatic N) is 4. The van der Waals surface area contributed by atoms with Crippen molar-refractivity contribution < 1.29 is 53.1 Å². The van der Waals surface area contributed by atoms with Gasteiger partial charge in [0.15, 0.2) is 0 Å². The molecule has 0 saturated carbocycles. The van der Waals surface area contributed by atoms with Crippen LogP contribution in [0.2, 0.25) is 0 Å². The van der Waals surface area contributed by atoms with Gasteiger partial charge in [-0.1, -0.05) is 6.92 Å². The lowest BCUT2D eigenvalue weighted by Gasteiger charge is -2.42. The van der Waals surface area contributed by atoms with Gasteiger partial charge >= 0.3 is 11.9 Å². The lowest BCUT2D eigenvalue weighted by Crippen LogP contribution is -2.58. The summed E-state index contributed by atoms with van der Waals surface area (Å²) in [6, 6.07) is -1.00.